The maximum absolute atomic E-state index is 5.74. The summed E-state index contributed by atoms with van der Waals surface area (Å²) in [5.41, 5.74) is 2.05. The maximum Gasteiger partial charge on any atom is 0.200 e. The van der Waals surface area contributed by atoms with Gasteiger partial charge < -0.3 is 4.98 Å². The van der Waals surface area contributed by atoms with Gasteiger partial charge in [-0.25, -0.2) is 4.98 Å². The van der Waals surface area contributed by atoms with Crippen molar-refractivity contribution in [1.29, 1.82) is 0 Å². The first-order valence-electron chi connectivity index (χ1n) is 5.13. The van der Waals surface area contributed by atoms with E-state index in [0.717, 1.165) is 11.3 Å². The van der Waals surface area contributed by atoms with Crippen LogP contribution >= 0.6 is 23.4 Å². The molecule has 0 spiro atoms. The molecule has 1 aromatic carbocycles. The Morgan fingerprint density at radius 3 is 2.44 bits per heavy atom. The number of hydrogen-bond donors (Lipinski definition) is 1. The van der Waals surface area contributed by atoms with Crippen molar-refractivity contribution >= 4 is 23.4 Å². The lowest BCUT2D eigenvalue weighted by Crippen LogP contribution is -1.85. The lowest BCUT2D eigenvalue weighted by molar-refractivity contribution is 1.11. The molecule has 1 heterocycles. The van der Waals surface area contributed by atoms with Crippen molar-refractivity contribution < 1.29 is 0 Å². The first-order valence-corrected chi connectivity index (χ1v) is 6.38. The molecule has 0 saturated heterocycles. The Labute approximate surface area is 104 Å². The largest absolute Gasteiger partial charge is 0.329 e. The van der Waals surface area contributed by atoms with Crippen LogP contribution in [0.3, 0.4) is 0 Å². The molecule has 0 aliphatic heterocycles. The molecule has 0 radical (unpaired) electrons. The number of rotatable bonds is 3. The molecule has 0 aliphatic carbocycles. The molecular formula is C12H13ClN2S. The SMILES string of the molecule is CC(C)Sc1ccc(-c2cnc(Cl)[nH]2)cc1. The second-order valence-corrected chi connectivity index (χ2v) is 5.79. The maximum atomic E-state index is 5.74. The van der Waals surface area contributed by atoms with Gasteiger partial charge in [0.05, 0.1) is 11.9 Å². The van der Waals surface area contributed by atoms with Gasteiger partial charge in [-0.1, -0.05) is 26.0 Å². The average Bonchev–Trinajstić information content (AvgIpc) is 2.65. The molecule has 1 N–H and O–H groups in total. The van der Waals surface area contributed by atoms with Crippen LogP contribution in [0.2, 0.25) is 5.28 Å². The van der Waals surface area contributed by atoms with Crippen molar-refractivity contribution in [2.75, 3.05) is 0 Å². The Morgan fingerprint density at radius 1 is 1.25 bits per heavy atom. The second kappa shape index (κ2) is 4.93. The highest BCUT2D eigenvalue weighted by molar-refractivity contribution is 7.99. The first kappa shape index (κ1) is 11.6. The Hall–Kier alpha value is -0.930. The van der Waals surface area contributed by atoms with E-state index < -0.39 is 0 Å². The summed E-state index contributed by atoms with van der Waals surface area (Å²) < 4.78 is 0. The number of H-pyrrole nitrogens is 1. The third-order valence-corrected chi connectivity index (χ3v) is 3.29. The van der Waals surface area contributed by atoms with Gasteiger partial charge >= 0.3 is 0 Å². The predicted octanol–water partition coefficient (Wildman–Crippen LogP) is 4.23. The van der Waals surface area contributed by atoms with Crippen molar-refractivity contribution in [3.8, 4) is 11.3 Å². The summed E-state index contributed by atoms with van der Waals surface area (Å²) >= 11 is 7.60. The molecule has 1 aromatic heterocycles. The number of nitrogens with zero attached hydrogens (tertiary/aromatic N) is 1. The highest BCUT2D eigenvalue weighted by atomic mass is 35.5. The predicted molar refractivity (Wildman–Crippen MR) is 70.0 cm³/mol. The number of aromatic amines is 1. The fraction of sp³-hybridized carbons (Fsp3) is 0.250. The quantitative estimate of drug-likeness (QED) is 0.828. The minimum Gasteiger partial charge on any atom is -0.329 e. The summed E-state index contributed by atoms with van der Waals surface area (Å²) in [6.45, 7) is 4.38. The van der Waals surface area contributed by atoms with E-state index in [4.69, 9.17) is 11.6 Å². The van der Waals surface area contributed by atoms with Gasteiger partial charge in [-0.3, -0.25) is 0 Å². The first-order chi connectivity index (χ1) is 7.65. The van der Waals surface area contributed by atoms with Gasteiger partial charge in [0.2, 0.25) is 0 Å². The fourth-order valence-electron chi connectivity index (χ4n) is 1.43. The minimum absolute atomic E-state index is 0.427. The Balaban J connectivity index is 2.19. The number of hydrogen-bond acceptors (Lipinski definition) is 2. The van der Waals surface area contributed by atoms with Crippen molar-refractivity contribution in [3.63, 3.8) is 0 Å². The van der Waals surface area contributed by atoms with Gasteiger partial charge in [-0.2, -0.15) is 0 Å². The van der Waals surface area contributed by atoms with Crippen molar-refractivity contribution in [3.05, 3.63) is 35.7 Å². The molecule has 0 amide bonds. The van der Waals surface area contributed by atoms with E-state index in [0.29, 0.717) is 10.5 Å². The topological polar surface area (TPSA) is 28.7 Å². The van der Waals surface area contributed by atoms with Crippen molar-refractivity contribution in [2.45, 2.75) is 24.0 Å². The van der Waals surface area contributed by atoms with Gasteiger partial charge in [-0.05, 0) is 29.3 Å². The van der Waals surface area contributed by atoms with Crippen LogP contribution in [-0.2, 0) is 0 Å². The van der Waals surface area contributed by atoms with Crippen LogP contribution in [0.5, 0.6) is 0 Å². The number of imidazole rings is 1. The summed E-state index contributed by atoms with van der Waals surface area (Å²) in [6.07, 6.45) is 1.74. The van der Waals surface area contributed by atoms with E-state index in [1.807, 2.05) is 11.8 Å². The van der Waals surface area contributed by atoms with Gasteiger partial charge in [0.15, 0.2) is 5.28 Å². The zero-order valence-electron chi connectivity index (χ0n) is 9.20. The van der Waals surface area contributed by atoms with E-state index in [2.05, 4.69) is 48.1 Å². The molecular weight excluding hydrogens is 240 g/mol. The Kier molecular flexibility index (Phi) is 3.56. The summed E-state index contributed by atoms with van der Waals surface area (Å²) in [6, 6.07) is 8.40. The molecule has 2 rings (SSSR count). The van der Waals surface area contributed by atoms with Gasteiger partial charge in [-0.15, -0.1) is 11.8 Å². The highest BCUT2D eigenvalue weighted by Gasteiger charge is 2.02. The number of nitrogens with one attached hydrogen (secondary N) is 1. The van der Waals surface area contributed by atoms with Crippen LogP contribution in [0.15, 0.2) is 35.4 Å². The molecule has 4 heteroatoms. The average molecular weight is 253 g/mol. The van der Waals surface area contributed by atoms with Crippen LogP contribution < -0.4 is 0 Å². The lowest BCUT2D eigenvalue weighted by Gasteiger charge is -2.05. The summed E-state index contributed by atoms with van der Waals surface area (Å²) in [5, 5.41) is 1.03. The standard InChI is InChI=1S/C12H13ClN2S/c1-8(2)16-10-5-3-9(4-6-10)11-7-14-12(13)15-11/h3-8H,1-2H3,(H,14,15). The Morgan fingerprint density at radius 2 is 1.94 bits per heavy atom. The van der Waals surface area contributed by atoms with E-state index in [1.165, 1.54) is 4.90 Å². The summed E-state index contributed by atoms with van der Waals surface area (Å²) in [5.74, 6) is 0. The van der Waals surface area contributed by atoms with Gasteiger partial charge in [0.25, 0.3) is 0 Å². The third-order valence-electron chi connectivity index (χ3n) is 2.08. The minimum atomic E-state index is 0.427. The molecule has 0 fully saturated rings. The second-order valence-electron chi connectivity index (χ2n) is 3.78. The summed E-state index contributed by atoms with van der Waals surface area (Å²) in [7, 11) is 0. The monoisotopic (exact) mass is 252 g/mol. The zero-order chi connectivity index (χ0) is 11.5. The normalized spacial score (nSPS) is 11.0. The van der Waals surface area contributed by atoms with E-state index in [1.54, 1.807) is 6.20 Å². The van der Waals surface area contributed by atoms with Gasteiger partial charge in [0, 0.05) is 10.1 Å². The van der Waals surface area contributed by atoms with E-state index in [-0.39, 0.29) is 0 Å². The molecule has 84 valence electrons. The number of thioether (sulfide) groups is 1. The van der Waals surface area contributed by atoms with Crippen LogP contribution in [-0.4, -0.2) is 15.2 Å². The molecule has 0 unspecified atom stereocenters. The van der Waals surface area contributed by atoms with Crippen LogP contribution in [0.25, 0.3) is 11.3 Å². The molecule has 16 heavy (non-hydrogen) atoms. The molecule has 0 bridgehead atoms. The number of benzene rings is 1. The smallest absolute Gasteiger partial charge is 0.200 e. The van der Waals surface area contributed by atoms with E-state index >= 15 is 0 Å². The number of halogens is 1. The summed E-state index contributed by atoms with van der Waals surface area (Å²) in [4.78, 5) is 8.25. The number of aromatic nitrogens is 2. The lowest BCUT2D eigenvalue weighted by atomic mass is 10.2. The molecule has 0 atom stereocenters. The van der Waals surface area contributed by atoms with Crippen LogP contribution in [0.1, 0.15) is 13.8 Å². The van der Waals surface area contributed by atoms with Crippen molar-refractivity contribution in [1.82, 2.24) is 9.97 Å². The molecule has 0 aliphatic rings. The highest BCUT2D eigenvalue weighted by Crippen LogP contribution is 2.26. The zero-order valence-corrected chi connectivity index (χ0v) is 10.8. The fourth-order valence-corrected chi connectivity index (χ4v) is 2.42. The Bertz CT molecular complexity index is 462. The van der Waals surface area contributed by atoms with Gasteiger partial charge in [0.1, 0.15) is 0 Å². The third kappa shape index (κ3) is 2.80. The van der Waals surface area contributed by atoms with Crippen LogP contribution in [0, 0.1) is 0 Å². The van der Waals surface area contributed by atoms with Crippen molar-refractivity contribution in [2.24, 2.45) is 0 Å². The molecule has 2 aromatic rings. The van der Waals surface area contributed by atoms with E-state index in [9.17, 15) is 0 Å². The molecule has 0 saturated carbocycles. The van der Waals surface area contributed by atoms with Crippen LogP contribution in [0.4, 0.5) is 0 Å². The molecule has 2 nitrogen and oxygen atoms in total.